The van der Waals surface area contributed by atoms with Crippen molar-refractivity contribution in [3.05, 3.63) is 90.3 Å². The SMILES string of the molecule is Nc1cc2c(cn1)[nH]c1ncc(-c3ccc(C4CN(Cc5ccccc5)CCO4)cc3)cc12. The molecule has 0 spiro atoms. The predicted octanol–water partition coefficient (Wildman–Crippen LogP) is 4.93. The Morgan fingerprint density at radius 2 is 1.79 bits per heavy atom. The zero-order valence-corrected chi connectivity index (χ0v) is 18.2. The summed E-state index contributed by atoms with van der Waals surface area (Å²) in [5.41, 5.74) is 12.4. The molecule has 164 valence electrons. The van der Waals surface area contributed by atoms with Crippen LogP contribution in [0.3, 0.4) is 0 Å². The van der Waals surface area contributed by atoms with E-state index in [4.69, 9.17) is 10.5 Å². The first-order chi connectivity index (χ1) is 16.2. The summed E-state index contributed by atoms with van der Waals surface area (Å²) in [5.74, 6) is 0.506. The number of morpholine rings is 1. The van der Waals surface area contributed by atoms with E-state index in [9.17, 15) is 0 Å². The smallest absolute Gasteiger partial charge is 0.138 e. The number of nitrogens with two attached hydrogens (primary N) is 1. The van der Waals surface area contributed by atoms with Crippen LogP contribution in [0.4, 0.5) is 5.82 Å². The third kappa shape index (κ3) is 3.95. The van der Waals surface area contributed by atoms with E-state index in [0.29, 0.717) is 5.82 Å². The summed E-state index contributed by atoms with van der Waals surface area (Å²) < 4.78 is 6.11. The predicted molar refractivity (Wildman–Crippen MR) is 132 cm³/mol. The van der Waals surface area contributed by atoms with Crippen LogP contribution in [0, 0.1) is 0 Å². The van der Waals surface area contributed by atoms with Crippen molar-refractivity contribution in [2.45, 2.75) is 12.6 Å². The quantitative estimate of drug-likeness (QED) is 0.418. The summed E-state index contributed by atoms with van der Waals surface area (Å²) in [5, 5.41) is 2.09. The van der Waals surface area contributed by atoms with Gasteiger partial charge in [0.15, 0.2) is 0 Å². The lowest BCUT2D eigenvalue weighted by atomic mass is 10.0. The Hall–Kier alpha value is -3.74. The number of nitrogens with zero attached hydrogens (tertiary/aromatic N) is 3. The van der Waals surface area contributed by atoms with Gasteiger partial charge in [0.05, 0.1) is 24.4 Å². The molecule has 6 heteroatoms. The molecule has 5 aromatic rings. The zero-order valence-electron chi connectivity index (χ0n) is 18.2. The highest BCUT2D eigenvalue weighted by molar-refractivity contribution is 6.07. The van der Waals surface area contributed by atoms with E-state index < -0.39 is 0 Å². The Balaban J connectivity index is 1.23. The van der Waals surface area contributed by atoms with Crippen molar-refractivity contribution in [2.24, 2.45) is 0 Å². The number of hydrogen-bond donors (Lipinski definition) is 2. The van der Waals surface area contributed by atoms with E-state index in [1.807, 2.05) is 12.3 Å². The molecule has 33 heavy (non-hydrogen) atoms. The third-order valence-corrected chi connectivity index (χ3v) is 6.37. The largest absolute Gasteiger partial charge is 0.384 e. The Morgan fingerprint density at radius 3 is 2.64 bits per heavy atom. The minimum absolute atomic E-state index is 0.0845. The Bertz CT molecular complexity index is 1410. The normalized spacial score (nSPS) is 17.0. The van der Waals surface area contributed by atoms with Crippen LogP contribution >= 0.6 is 0 Å². The van der Waals surface area contributed by atoms with Gasteiger partial charge in [-0.1, -0.05) is 54.6 Å². The van der Waals surface area contributed by atoms with Gasteiger partial charge in [0, 0.05) is 42.2 Å². The Labute approximate surface area is 192 Å². The molecule has 1 aliphatic rings. The van der Waals surface area contributed by atoms with E-state index in [2.05, 4.69) is 80.5 Å². The number of fused-ring (bicyclic) bond motifs is 3. The molecule has 1 saturated heterocycles. The second-order valence-electron chi connectivity index (χ2n) is 8.60. The van der Waals surface area contributed by atoms with E-state index >= 15 is 0 Å². The van der Waals surface area contributed by atoms with Crippen LogP contribution in [0.15, 0.2) is 79.1 Å². The van der Waals surface area contributed by atoms with Gasteiger partial charge in [-0.15, -0.1) is 0 Å². The third-order valence-electron chi connectivity index (χ3n) is 6.37. The standard InChI is InChI=1S/C27H25N5O/c28-26-13-22-23-12-21(14-30-27(23)31-24(22)15-29-26)19-6-8-20(9-7-19)25-17-32(10-11-33-25)16-18-4-2-1-3-5-18/h1-9,12-15,25H,10-11,16-17H2,(H2,28,29)(H,30,31). The average Bonchev–Trinajstić information content (AvgIpc) is 3.22. The maximum atomic E-state index is 6.11. The van der Waals surface area contributed by atoms with Gasteiger partial charge >= 0.3 is 0 Å². The summed E-state index contributed by atoms with van der Waals surface area (Å²) >= 11 is 0. The maximum Gasteiger partial charge on any atom is 0.138 e. The molecule has 0 radical (unpaired) electrons. The topological polar surface area (TPSA) is 80.1 Å². The van der Waals surface area contributed by atoms with Crippen molar-refractivity contribution in [2.75, 3.05) is 25.4 Å². The molecule has 0 aliphatic carbocycles. The van der Waals surface area contributed by atoms with Gasteiger partial charge in [0.1, 0.15) is 11.5 Å². The summed E-state index contributed by atoms with van der Waals surface area (Å²) in [4.78, 5) is 14.6. The molecule has 0 saturated carbocycles. The lowest BCUT2D eigenvalue weighted by Gasteiger charge is -2.33. The fourth-order valence-corrected chi connectivity index (χ4v) is 4.63. The van der Waals surface area contributed by atoms with Gasteiger partial charge in [-0.25, -0.2) is 9.97 Å². The highest BCUT2D eigenvalue weighted by atomic mass is 16.5. The minimum Gasteiger partial charge on any atom is -0.384 e. The number of anilines is 1. The van der Waals surface area contributed by atoms with Crippen LogP contribution in [0.25, 0.3) is 33.1 Å². The highest BCUT2D eigenvalue weighted by Gasteiger charge is 2.22. The second-order valence-corrected chi connectivity index (χ2v) is 8.60. The first-order valence-electron chi connectivity index (χ1n) is 11.2. The fraction of sp³-hybridized carbons (Fsp3) is 0.185. The molecule has 0 amide bonds. The van der Waals surface area contributed by atoms with Crippen molar-refractivity contribution in [1.29, 1.82) is 0 Å². The van der Waals surface area contributed by atoms with Crippen molar-refractivity contribution < 1.29 is 4.74 Å². The second kappa shape index (κ2) is 8.31. The van der Waals surface area contributed by atoms with Gasteiger partial charge in [-0.05, 0) is 28.8 Å². The van der Waals surface area contributed by atoms with Gasteiger partial charge in [-0.2, -0.15) is 0 Å². The summed E-state index contributed by atoms with van der Waals surface area (Å²) in [7, 11) is 0. The number of aromatic amines is 1. The van der Waals surface area contributed by atoms with Crippen molar-refractivity contribution in [3.63, 3.8) is 0 Å². The first kappa shape index (κ1) is 19.9. The van der Waals surface area contributed by atoms with Crippen LogP contribution in [0.5, 0.6) is 0 Å². The van der Waals surface area contributed by atoms with Gasteiger partial charge in [-0.3, -0.25) is 4.90 Å². The van der Waals surface area contributed by atoms with Crippen LogP contribution < -0.4 is 5.73 Å². The molecule has 0 bridgehead atoms. The van der Waals surface area contributed by atoms with E-state index in [-0.39, 0.29) is 6.10 Å². The van der Waals surface area contributed by atoms with E-state index in [0.717, 1.165) is 59.3 Å². The number of pyridine rings is 2. The van der Waals surface area contributed by atoms with Gasteiger partial charge in [0.2, 0.25) is 0 Å². The first-order valence-corrected chi connectivity index (χ1v) is 11.2. The molecule has 2 aromatic carbocycles. The van der Waals surface area contributed by atoms with Crippen molar-refractivity contribution >= 4 is 27.8 Å². The molecule has 1 atom stereocenters. The minimum atomic E-state index is 0.0845. The molecule has 3 N–H and O–H groups in total. The molecule has 4 heterocycles. The number of aromatic nitrogens is 3. The summed E-state index contributed by atoms with van der Waals surface area (Å²) in [6.45, 7) is 3.56. The molecule has 3 aromatic heterocycles. The number of H-pyrrole nitrogens is 1. The van der Waals surface area contributed by atoms with Crippen LogP contribution in [0.2, 0.25) is 0 Å². The molecular formula is C27H25N5O. The van der Waals surface area contributed by atoms with Crippen LogP contribution in [-0.2, 0) is 11.3 Å². The lowest BCUT2D eigenvalue weighted by molar-refractivity contribution is -0.0329. The monoisotopic (exact) mass is 435 g/mol. The van der Waals surface area contributed by atoms with E-state index in [1.54, 1.807) is 6.20 Å². The summed E-state index contributed by atoms with van der Waals surface area (Å²) in [6, 6.07) is 23.3. The highest BCUT2D eigenvalue weighted by Crippen LogP contribution is 2.30. The average molecular weight is 436 g/mol. The lowest BCUT2D eigenvalue weighted by Crippen LogP contribution is -2.37. The van der Waals surface area contributed by atoms with Gasteiger partial charge in [0.25, 0.3) is 0 Å². The maximum absolute atomic E-state index is 6.11. The number of hydrogen-bond acceptors (Lipinski definition) is 5. The molecular weight excluding hydrogens is 410 g/mol. The number of nitrogen functional groups attached to an aromatic ring is 1. The van der Waals surface area contributed by atoms with Gasteiger partial charge < -0.3 is 15.5 Å². The molecule has 1 unspecified atom stereocenters. The van der Waals surface area contributed by atoms with E-state index in [1.165, 1.54) is 11.1 Å². The molecule has 1 fully saturated rings. The van der Waals surface area contributed by atoms with Crippen molar-refractivity contribution in [1.82, 2.24) is 19.9 Å². The Kier molecular flexibility index (Phi) is 5.02. The molecule has 6 nitrogen and oxygen atoms in total. The van der Waals surface area contributed by atoms with Crippen LogP contribution in [0.1, 0.15) is 17.2 Å². The zero-order chi connectivity index (χ0) is 22.2. The summed E-state index contributed by atoms with van der Waals surface area (Å²) in [6.07, 6.45) is 3.75. The fourth-order valence-electron chi connectivity index (χ4n) is 4.63. The van der Waals surface area contributed by atoms with Crippen LogP contribution in [-0.4, -0.2) is 39.5 Å². The molecule has 6 rings (SSSR count). The number of ether oxygens (including phenoxy) is 1. The number of nitrogens with one attached hydrogen (secondary N) is 1. The number of rotatable bonds is 4. The van der Waals surface area contributed by atoms with Crippen molar-refractivity contribution in [3.8, 4) is 11.1 Å². The Morgan fingerprint density at radius 1 is 0.939 bits per heavy atom. The number of benzene rings is 2. The molecule has 1 aliphatic heterocycles.